The van der Waals surface area contributed by atoms with Gasteiger partial charge < -0.3 is 9.13 Å². The highest BCUT2D eigenvalue weighted by Crippen LogP contribution is 2.04. The lowest BCUT2D eigenvalue weighted by Crippen LogP contribution is -2.25. The van der Waals surface area contributed by atoms with Crippen molar-refractivity contribution in [1.82, 2.24) is 18.7 Å². The smallest absolute Gasteiger partial charge is 0.276 e. The van der Waals surface area contributed by atoms with Crippen LogP contribution in [0.15, 0.2) is 41.6 Å². The third kappa shape index (κ3) is 1.95. The zero-order valence-corrected chi connectivity index (χ0v) is 11.3. The van der Waals surface area contributed by atoms with Gasteiger partial charge in [0.25, 0.3) is 5.56 Å². The second-order valence-electron chi connectivity index (χ2n) is 4.77. The number of hydrogen-bond donors (Lipinski definition) is 0. The van der Waals surface area contributed by atoms with E-state index in [-0.39, 0.29) is 17.9 Å². The number of rotatable bonds is 3. The van der Waals surface area contributed by atoms with Crippen LogP contribution in [0.3, 0.4) is 0 Å². The second kappa shape index (κ2) is 4.48. The minimum atomic E-state index is -0.212. The third-order valence-corrected chi connectivity index (χ3v) is 3.27. The summed E-state index contributed by atoms with van der Waals surface area (Å²) < 4.78 is 4.68. The van der Waals surface area contributed by atoms with Crippen molar-refractivity contribution in [1.29, 1.82) is 0 Å². The van der Waals surface area contributed by atoms with Gasteiger partial charge in [-0.25, -0.2) is 4.52 Å². The van der Waals surface area contributed by atoms with Crippen LogP contribution in [-0.2, 0) is 13.6 Å². The van der Waals surface area contributed by atoms with E-state index in [2.05, 4.69) is 5.10 Å². The highest BCUT2D eigenvalue weighted by Gasteiger charge is 2.12. The molecule has 0 saturated carbocycles. The maximum absolute atomic E-state index is 12.3. The van der Waals surface area contributed by atoms with Crippen molar-refractivity contribution in [2.24, 2.45) is 7.05 Å². The summed E-state index contributed by atoms with van der Waals surface area (Å²) in [4.78, 5) is 24.5. The predicted octanol–water partition coefficient (Wildman–Crippen LogP) is 1.03. The molecule has 0 fully saturated rings. The van der Waals surface area contributed by atoms with Crippen molar-refractivity contribution in [3.8, 4) is 0 Å². The molecule has 0 N–H and O–H groups in total. The molecule has 3 rings (SSSR count). The molecule has 0 aromatic carbocycles. The molecule has 0 radical (unpaired) electrons. The van der Waals surface area contributed by atoms with Gasteiger partial charge in [-0.2, -0.15) is 5.10 Å². The Morgan fingerprint density at radius 2 is 2.10 bits per heavy atom. The molecule has 6 heteroatoms. The van der Waals surface area contributed by atoms with E-state index in [4.69, 9.17) is 0 Å². The first-order chi connectivity index (χ1) is 9.56. The molecule has 0 spiro atoms. The van der Waals surface area contributed by atoms with Gasteiger partial charge >= 0.3 is 0 Å². The van der Waals surface area contributed by atoms with Crippen LogP contribution in [0.2, 0.25) is 0 Å². The molecule has 0 aliphatic carbocycles. The topological polar surface area (TPSA) is 61.3 Å². The molecule has 0 aliphatic heterocycles. The molecule has 0 saturated heterocycles. The van der Waals surface area contributed by atoms with Gasteiger partial charge in [0, 0.05) is 25.6 Å². The van der Waals surface area contributed by atoms with Gasteiger partial charge in [0.05, 0.1) is 17.9 Å². The van der Waals surface area contributed by atoms with Crippen molar-refractivity contribution in [2.75, 3.05) is 0 Å². The third-order valence-electron chi connectivity index (χ3n) is 3.27. The van der Waals surface area contributed by atoms with Gasteiger partial charge in [-0.05, 0) is 25.1 Å². The summed E-state index contributed by atoms with van der Waals surface area (Å²) in [7, 11) is 1.81. The summed E-state index contributed by atoms with van der Waals surface area (Å²) in [6.07, 6.45) is 5.07. The standard InChI is InChI=1S/C14H14N4O2/c1-10-8-12-14(20)17(6-7-18(12)15-10)9-13(19)11-4-3-5-16(11)2/h3-8H,9H2,1-2H3. The van der Waals surface area contributed by atoms with Gasteiger partial charge in [-0.15, -0.1) is 0 Å². The van der Waals surface area contributed by atoms with Crippen LogP contribution in [0.1, 0.15) is 16.2 Å². The number of ketones is 1. The van der Waals surface area contributed by atoms with Crippen molar-refractivity contribution in [3.05, 3.63) is 58.5 Å². The lowest BCUT2D eigenvalue weighted by molar-refractivity contribution is 0.0963. The first-order valence-electron chi connectivity index (χ1n) is 6.26. The van der Waals surface area contributed by atoms with Crippen LogP contribution in [0.4, 0.5) is 0 Å². The van der Waals surface area contributed by atoms with Crippen LogP contribution in [0.25, 0.3) is 5.52 Å². The molecule has 3 aromatic rings. The van der Waals surface area contributed by atoms with Gasteiger partial charge in [0.2, 0.25) is 0 Å². The van der Waals surface area contributed by atoms with Gasteiger partial charge in [-0.3, -0.25) is 9.59 Å². The van der Waals surface area contributed by atoms with E-state index in [1.807, 2.05) is 6.92 Å². The maximum atomic E-state index is 12.3. The first-order valence-corrected chi connectivity index (χ1v) is 6.26. The van der Waals surface area contributed by atoms with Crippen molar-refractivity contribution < 1.29 is 4.79 Å². The maximum Gasteiger partial charge on any atom is 0.276 e. The minimum Gasteiger partial charge on any atom is -0.348 e. The highest BCUT2D eigenvalue weighted by atomic mass is 16.1. The van der Waals surface area contributed by atoms with E-state index in [0.29, 0.717) is 11.2 Å². The molecule has 6 nitrogen and oxygen atoms in total. The number of hydrogen-bond acceptors (Lipinski definition) is 3. The average Bonchev–Trinajstić information content (AvgIpc) is 2.98. The molecule has 20 heavy (non-hydrogen) atoms. The largest absolute Gasteiger partial charge is 0.348 e. The number of aryl methyl sites for hydroxylation is 2. The minimum absolute atomic E-state index is 0.0252. The van der Waals surface area contributed by atoms with Gasteiger partial charge in [0.1, 0.15) is 5.52 Å². The van der Waals surface area contributed by atoms with E-state index >= 15 is 0 Å². The summed E-state index contributed by atoms with van der Waals surface area (Å²) in [6, 6.07) is 5.26. The van der Waals surface area contributed by atoms with Gasteiger partial charge in [-0.1, -0.05) is 0 Å². The van der Waals surface area contributed by atoms with E-state index in [1.54, 1.807) is 48.4 Å². The Morgan fingerprint density at radius 1 is 1.30 bits per heavy atom. The zero-order valence-electron chi connectivity index (χ0n) is 11.3. The zero-order chi connectivity index (χ0) is 14.3. The van der Waals surface area contributed by atoms with Crippen LogP contribution in [-0.4, -0.2) is 24.5 Å². The lowest BCUT2D eigenvalue weighted by atomic mass is 10.3. The Kier molecular flexibility index (Phi) is 2.78. The summed E-state index contributed by atoms with van der Waals surface area (Å²) in [5, 5.41) is 4.17. The molecule has 102 valence electrons. The fourth-order valence-corrected chi connectivity index (χ4v) is 2.26. The number of carbonyl (C=O) groups is 1. The summed E-state index contributed by atoms with van der Waals surface area (Å²) in [5.74, 6) is -0.0970. The molecule has 0 amide bonds. The lowest BCUT2D eigenvalue weighted by Gasteiger charge is -2.06. The van der Waals surface area contributed by atoms with E-state index in [9.17, 15) is 9.59 Å². The molecular weight excluding hydrogens is 256 g/mol. The Bertz CT molecular complexity index is 854. The SMILES string of the molecule is Cc1cc2c(=O)n(CC(=O)c3cccn3C)ccn2n1. The Balaban J connectivity index is 1.99. The highest BCUT2D eigenvalue weighted by molar-refractivity contribution is 5.94. The van der Waals surface area contributed by atoms with Crippen molar-refractivity contribution in [2.45, 2.75) is 13.5 Å². The van der Waals surface area contributed by atoms with E-state index < -0.39 is 0 Å². The number of carbonyl (C=O) groups excluding carboxylic acids is 1. The van der Waals surface area contributed by atoms with Crippen molar-refractivity contribution >= 4 is 11.3 Å². The van der Waals surface area contributed by atoms with Crippen LogP contribution in [0.5, 0.6) is 0 Å². The number of aromatic nitrogens is 4. The Labute approximate surface area is 114 Å². The molecule has 0 bridgehead atoms. The molecule has 3 heterocycles. The Hall–Kier alpha value is -2.63. The van der Waals surface area contributed by atoms with E-state index in [0.717, 1.165) is 5.69 Å². The fraction of sp³-hybridized carbons (Fsp3) is 0.214. The molecular formula is C14H14N4O2. The summed E-state index contributed by atoms with van der Waals surface area (Å²) in [6.45, 7) is 1.85. The van der Waals surface area contributed by atoms with Gasteiger partial charge in [0.15, 0.2) is 5.78 Å². The molecule has 0 atom stereocenters. The van der Waals surface area contributed by atoms with Crippen LogP contribution >= 0.6 is 0 Å². The van der Waals surface area contributed by atoms with E-state index in [1.165, 1.54) is 9.08 Å². The average molecular weight is 270 g/mol. The monoisotopic (exact) mass is 270 g/mol. The summed E-state index contributed by atoms with van der Waals surface area (Å²) in [5.41, 5.74) is 1.62. The number of fused-ring (bicyclic) bond motifs is 1. The number of Topliss-reactive ketones (excluding diaryl/α,β-unsaturated/α-hetero) is 1. The first kappa shape index (κ1) is 12.4. The van der Waals surface area contributed by atoms with Crippen LogP contribution in [0, 0.1) is 6.92 Å². The van der Waals surface area contributed by atoms with Crippen LogP contribution < -0.4 is 5.56 Å². The predicted molar refractivity (Wildman–Crippen MR) is 73.9 cm³/mol. The quantitative estimate of drug-likeness (QED) is 0.668. The second-order valence-corrected chi connectivity index (χ2v) is 4.77. The molecule has 3 aromatic heterocycles. The molecule has 0 unspecified atom stereocenters. The summed E-state index contributed by atoms with van der Waals surface area (Å²) >= 11 is 0. The Morgan fingerprint density at radius 3 is 2.80 bits per heavy atom. The molecule has 0 aliphatic rings. The van der Waals surface area contributed by atoms with Crippen molar-refractivity contribution in [3.63, 3.8) is 0 Å². The number of nitrogens with zero attached hydrogens (tertiary/aromatic N) is 4. The normalized spacial score (nSPS) is 11.1. The fourth-order valence-electron chi connectivity index (χ4n) is 2.26.